The van der Waals surface area contributed by atoms with Crippen molar-refractivity contribution in [1.82, 2.24) is 9.80 Å². The molecule has 0 aliphatic carbocycles. The summed E-state index contributed by atoms with van der Waals surface area (Å²) in [4.78, 5) is 16.5. The molecule has 3 rings (SSSR count). The number of hydrogen-bond donors (Lipinski definition) is 1. The summed E-state index contributed by atoms with van der Waals surface area (Å²) in [7, 11) is 0. The molecule has 2 aliphatic rings. The first-order valence-corrected chi connectivity index (χ1v) is 9.22. The summed E-state index contributed by atoms with van der Waals surface area (Å²) in [5, 5.41) is 10.3. The lowest BCUT2D eigenvalue weighted by molar-refractivity contribution is 0.00157. The van der Waals surface area contributed by atoms with Gasteiger partial charge in [0.2, 0.25) is 0 Å². The predicted octanol–water partition coefficient (Wildman–Crippen LogP) is 3.02. The molecule has 1 atom stereocenters. The quantitative estimate of drug-likeness (QED) is 0.894. The molecule has 2 heterocycles. The van der Waals surface area contributed by atoms with E-state index in [-0.39, 0.29) is 17.7 Å². The van der Waals surface area contributed by atoms with Crippen LogP contribution in [0.2, 0.25) is 0 Å². The molecular formula is C20H30N2O3. The van der Waals surface area contributed by atoms with Gasteiger partial charge in [-0.25, -0.2) is 4.79 Å². The highest BCUT2D eigenvalue weighted by atomic mass is 16.6. The first-order valence-electron chi connectivity index (χ1n) is 9.22. The smallest absolute Gasteiger partial charge is 0.410 e. The molecule has 1 aromatic carbocycles. The zero-order valence-electron chi connectivity index (χ0n) is 15.6. The SMILES string of the molecule is CC(C)(C)OC(=O)N1CCC2(CC1)C[C@H](O)CN2Cc1ccccc1. The largest absolute Gasteiger partial charge is 0.444 e. The topological polar surface area (TPSA) is 53.0 Å². The molecular weight excluding hydrogens is 316 g/mol. The second-order valence-corrected chi connectivity index (χ2v) is 8.42. The molecule has 1 N–H and O–H groups in total. The van der Waals surface area contributed by atoms with E-state index in [1.165, 1.54) is 5.56 Å². The van der Waals surface area contributed by atoms with E-state index in [4.69, 9.17) is 4.74 Å². The molecule has 0 saturated carbocycles. The number of amides is 1. The van der Waals surface area contributed by atoms with Crippen LogP contribution >= 0.6 is 0 Å². The van der Waals surface area contributed by atoms with Gasteiger partial charge in [0.25, 0.3) is 0 Å². The molecule has 5 nitrogen and oxygen atoms in total. The van der Waals surface area contributed by atoms with Gasteiger partial charge in [-0.2, -0.15) is 0 Å². The third-order valence-electron chi connectivity index (χ3n) is 5.28. The summed E-state index contributed by atoms with van der Waals surface area (Å²) < 4.78 is 5.50. The van der Waals surface area contributed by atoms with Crippen LogP contribution in [0.15, 0.2) is 30.3 Å². The Bertz CT molecular complexity index is 589. The molecule has 0 aromatic heterocycles. The van der Waals surface area contributed by atoms with Gasteiger partial charge in [0.1, 0.15) is 5.60 Å². The fourth-order valence-electron chi connectivity index (χ4n) is 4.07. The normalized spacial score (nSPS) is 23.8. The van der Waals surface area contributed by atoms with E-state index in [0.29, 0.717) is 19.6 Å². The summed E-state index contributed by atoms with van der Waals surface area (Å²) >= 11 is 0. The monoisotopic (exact) mass is 346 g/mol. The number of rotatable bonds is 2. The van der Waals surface area contributed by atoms with E-state index in [1.807, 2.05) is 31.7 Å². The molecule has 0 radical (unpaired) electrons. The minimum Gasteiger partial charge on any atom is -0.444 e. The van der Waals surface area contributed by atoms with Crippen molar-refractivity contribution in [3.05, 3.63) is 35.9 Å². The van der Waals surface area contributed by atoms with Gasteiger partial charge in [0.15, 0.2) is 0 Å². The Morgan fingerprint density at radius 1 is 1.24 bits per heavy atom. The molecule has 2 aliphatic heterocycles. The Morgan fingerprint density at radius 2 is 1.88 bits per heavy atom. The molecule has 25 heavy (non-hydrogen) atoms. The zero-order chi connectivity index (χ0) is 18.1. The second kappa shape index (κ2) is 6.96. The number of hydrogen-bond acceptors (Lipinski definition) is 4. The second-order valence-electron chi connectivity index (χ2n) is 8.42. The highest BCUT2D eigenvalue weighted by Gasteiger charge is 2.47. The summed E-state index contributed by atoms with van der Waals surface area (Å²) in [6.07, 6.45) is 2.06. The standard InChI is InChI=1S/C20H30N2O3/c1-19(2,3)25-18(24)21-11-9-20(10-12-21)13-17(23)15-22(20)14-16-7-5-4-6-8-16/h4-8,17,23H,9-15H2,1-3H3/t17-/m0/s1. The number of ether oxygens (including phenoxy) is 1. The third kappa shape index (κ3) is 4.33. The van der Waals surface area contributed by atoms with Gasteiger partial charge >= 0.3 is 6.09 Å². The van der Waals surface area contributed by atoms with Gasteiger partial charge in [-0.15, -0.1) is 0 Å². The van der Waals surface area contributed by atoms with Crippen LogP contribution < -0.4 is 0 Å². The van der Waals surface area contributed by atoms with Crippen LogP contribution in [0.25, 0.3) is 0 Å². The van der Waals surface area contributed by atoms with Crippen LogP contribution in [0.5, 0.6) is 0 Å². The van der Waals surface area contributed by atoms with Gasteiger partial charge in [-0.05, 0) is 45.6 Å². The fourth-order valence-corrected chi connectivity index (χ4v) is 4.07. The Labute approximate surface area is 150 Å². The fraction of sp³-hybridized carbons (Fsp3) is 0.650. The van der Waals surface area contributed by atoms with E-state index in [2.05, 4.69) is 29.2 Å². The molecule has 1 spiro atoms. The Hall–Kier alpha value is -1.59. The van der Waals surface area contributed by atoms with Crippen LogP contribution in [-0.2, 0) is 11.3 Å². The number of aliphatic hydroxyl groups excluding tert-OH is 1. The van der Waals surface area contributed by atoms with Gasteiger partial charge in [-0.3, -0.25) is 4.90 Å². The van der Waals surface area contributed by atoms with Crippen LogP contribution in [0.4, 0.5) is 4.79 Å². The lowest BCUT2D eigenvalue weighted by Crippen LogP contribution is -2.53. The van der Waals surface area contributed by atoms with Gasteiger partial charge in [0, 0.05) is 31.7 Å². The average Bonchev–Trinajstić information content (AvgIpc) is 2.82. The van der Waals surface area contributed by atoms with Gasteiger partial charge in [-0.1, -0.05) is 30.3 Å². The Morgan fingerprint density at radius 3 is 2.48 bits per heavy atom. The van der Waals surface area contributed by atoms with Crippen molar-refractivity contribution < 1.29 is 14.6 Å². The first-order chi connectivity index (χ1) is 11.8. The van der Waals surface area contributed by atoms with Crippen molar-refractivity contribution in [2.75, 3.05) is 19.6 Å². The van der Waals surface area contributed by atoms with Crippen molar-refractivity contribution in [1.29, 1.82) is 0 Å². The Balaban J connectivity index is 1.64. The van der Waals surface area contributed by atoms with E-state index in [0.717, 1.165) is 25.8 Å². The average molecular weight is 346 g/mol. The molecule has 1 aromatic rings. The molecule has 2 saturated heterocycles. The maximum Gasteiger partial charge on any atom is 0.410 e. The minimum atomic E-state index is -0.463. The van der Waals surface area contributed by atoms with Gasteiger partial charge in [0.05, 0.1) is 6.10 Å². The molecule has 5 heteroatoms. The number of aliphatic hydroxyl groups is 1. The predicted molar refractivity (Wildman–Crippen MR) is 97.2 cm³/mol. The van der Waals surface area contributed by atoms with E-state index in [9.17, 15) is 9.90 Å². The first kappa shape index (κ1) is 18.2. The molecule has 1 amide bonds. The van der Waals surface area contributed by atoms with E-state index >= 15 is 0 Å². The van der Waals surface area contributed by atoms with Crippen molar-refractivity contribution in [2.24, 2.45) is 0 Å². The Kier molecular flexibility index (Phi) is 5.07. The summed E-state index contributed by atoms with van der Waals surface area (Å²) in [6.45, 7) is 8.62. The number of β-amino-alcohol motifs (C(OH)–C–C–N with tert-alkyl or cyclic N) is 1. The maximum atomic E-state index is 12.3. The van der Waals surface area contributed by atoms with E-state index in [1.54, 1.807) is 0 Å². The van der Waals surface area contributed by atoms with Crippen molar-refractivity contribution in [2.45, 2.75) is 63.8 Å². The van der Waals surface area contributed by atoms with Crippen molar-refractivity contribution >= 4 is 6.09 Å². The number of carbonyl (C=O) groups excluding carboxylic acids is 1. The molecule has 0 bridgehead atoms. The number of benzene rings is 1. The summed E-state index contributed by atoms with van der Waals surface area (Å²) in [5.41, 5.74) is 0.800. The molecule has 138 valence electrons. The maximum absolute atomic E-state index is 12.3. The highest BCUT2D eigenvalue weighted by molar-refractivity contribution is 5.68. The van der Waals surface area contributed by atoms with Crippen LogP contribution in [0.1, 0.15) is 45.6 Å². The lowest BCUT2D eigenvalue weighted by atomic mass is 9.84. The number of nitrogens with zero attached hydrogens (tertiary/aromatic N) is 2. The van der Waals surface area contributed by atoms with Crippen LogP contribution in [0.3, 0.4) is 0 Å². The number of carbonyl (C=O) groups is 1. The van der Waals surface area contributed by atoms with Crippen molar-refractivity contribution in [3.8, 4) is 0 Å². The summed E-state index contributed by atoms with van der Waals surface area (Å²) in [6, 6.07) is 10.4. The zero-order valence-corrected chi connectivity index (χ0v) is 15.6. The molecule has 0 unspecified atom stereocenters. The third-order valence-corrected chi connectivity index (χ3v) is 5.28. The van der Waals surface area contributed by atoms with Gasteiger partial charge < -0.3 is 14.7 Å². The highest BCUT2D eigenvalue weighted by Crippen LogP contribution is 2.39. The van der Waals surface area contributed by atoms with Crippen LogP contribution in [-0.4, -0.2) is 57.9 Å². The van der Waals surface area contributed by atoms with E-state index < -0.39 is 5.60 Å². The summed E-state index contributed by atoms with van der Waals surface area (Å²) in [5.74, 6) is 0. The molecule has 2 fully saturated rings. The minimum absolute atomic E-state index is 0.00618. The lowest BCUT2D eigenvalue weighted by Gasteiger charge is -2.45. The van der Waals surface area contributed by atoms with Crippen molar-refractivity contribution in [3.63, 3.8) is 0 Å². The number of piperidine rings is 1. The van der Waals surface area contributed by atoms with Crippen LogP contribution in [0, 0.1) is 0 Å². The number of likely N-dealkylation sites (tertiary alicyclic amines) is 2.